The van der Waals surface area contributed by atoms with Crippen LogP contribution in [0.1, 0.15) is 39.5 Å². The van der Waals surface area contributed by atoms with Gasteiger partial charge >= 0.3 is 0 Å². The maximum atomic E-state index is 11.9. The molecule has 0 atom stereocenters. The van der Waals surface area contributed by atoms with Gasteiger partial charge < -0.3 is 4.57 Å². The van der Waals surface area contributed by atoms with E-state index in [1.165, 1.54) is 16.3 Å². The molecule has 2 heterocycles. The van der Waals surface area contributed by atoms with Gasteiger partial charge in [0.1, 0.15) is 0 Å². The minimum atomic E-state index is 0.308. The lowest BCUT2D eigenvalue weighted by Crippen LogP contribution is -2.14. The molecule has 0 spiro atoms. The van der Waals surface area contributed by atoms with E-state index in [0.29, 0.717) is 12.2 Å². The zero-order chi connectivity index (χ0) is 13.4. The topological polar surface area (TPSA) is 22.0 Å². The molecule has 1 aliphatic carbocycles. The Balaban J connectivity index is 1.83. The predicted molar refractivity (Wildman–Crippen MR) is 79.5 cm³/mol. The van der Waals surface area contributed by atoms with E-state index in [-0.39, 0.29) is 0 Å². The summed E-state index contributed by atoms with van der Waals surface area (Å²) in [4.78, 5) is 13.2. The molecule has 0 aliphatic heterocycles. The highest BCUT2D eigenvalue weighted by Crippen LogP contribution is 2.26. The maximum absolute atomic E-state index is 11.9. The second kappa shape index (κ2) is 5.14. The number of hydrogen-bond acceptors (Lipinski definition) is 2. The maximum Gasteiger partial charge on any atom is 0.164 e. The number of nitrogens with zero attached hydrogens (tertiary/aromatic N) is 1. The largest absolute Gasteiger partial charge is 0.348 e. The molecule has 0 saturated carbocycles. The van der Waals surface area contributed by atoms with E-state index < -0.39 is 0 Å². The molecule has 0 amide bonds. The van der Waals surface area contributed by atoms with Gasteiger partial charge in [-0.3, -0.25) is 4.79 Å². The summed E-state index contributed by atoms with van der Waals surface area (Å²) in [6, 6.07) is 6.09. The molecular weight excluding hydrogens is 278 g/mol. The lowest BCUT2D eigenvalue weighted by atomic mass is 9.96. The van der Waals surface area contributed by atoms with E-state index >= 15 is 0 Å². The van der Waals surface area contributed by atoms with Crippen molar-refractivity contribution in [2.45, 2.75) is 39.2 Å². The molecule has 1 aliphatic rings. The van der Waals surface area contributed by atoms with Crippen molar-refractivity contribution < 1.29 is 4.79 Å². The van der Waals surface area contributed by atoms with Gasteiger partial charge in [-0.2, -0.15) is 0 Å². The Morgan fingerprint density at radius 1 is 1.37 bits per heavy atom. The van der Waals surface area contributed by atoms with Crippen molar-refractivity contribution in [2.75, 3.05) is 0 Å². The fourth-order valence-electron chi connectivity index (χ4n) is 2.81. The molecular formula is C15H16ClNOS. The second-order valence-electron chi connectivity index (χ2n) is 5.03. The standard InChI is InChI=1S/C15H16ClNOS/c1-10-9-12-13(3-2-4-14(12)18)17(10)8-7-11-5-6-15(16)19-11/h5-6,9H,2-4,7-8H2,1H3. The van der Waals surface area contributed by atoms with Gasteiger partial charge in [0.15, 0.2) is 5.78 Å². The van der Waals surface area contributed by atoms with Crippen LogP contribution < -0.4 is 0 Å². The Morgan fingerprint density at radius 2 is 2.21 bits per heavy atom. The lowest BCUT2D eigenvalue weighted by Gasteiger charge is -2.15. The minimum Gasteiger partial charge on any atom is -0.348 e. The number of halogens is 1. The van der Waals surface area contributed by atoms with Crippen LogP contribution in [0.25, 0.3) is 0 Å². The normalized spacial score (nSPS) is 14.7. The molecule has 0 fully saturated rings. The van der Waals surface area contributed by atoms with Gasteiger partial charge in [0.25, 0.3) is 0 Å². The number of aromatic nitrogens is 1. The number of carbonyl (C=O) groups is 1. The number of hydrogen-bond donors (Lipinski definition) is 0. The first kappa shape index (κ1) is 12.9. The van der Waals surface area contributed by atoms with Crippen LogP contribution in [0.15, 0.2) is 18.2 Å². The number of fused-ring (bicyclic) bond motifs is 1. The first-order valence-electron chi connectivity index (χ1n) is 6.61. The van der Waals surface area contributed by atoms with Gasteiger partial charge in [-0.25, -0.2) is 0 Å². The van der Waals surface area contributed by atoms with Crippen LogP contribution >= 0.6 is 22.9 Å². The molecule has 2 nitrogen and oxygen atoms in total. The van der Waals surface area contributed by atoms with Crippen molar-refractivity contribution >= 4 is 28.7 Å². The summed E-state index contributed by atoms with van der Waals surface area (Å²) < 4.78 is 3.15. The van der Waals surface area contributed by atoms with Crippen molar-refractivity contribution in [1.29, 1.82) is 0 Å². The molecule has 0 aromatic carbocycles. The van der Waals surface area contributed by atoms with Crippen LogP contribution in [0.2, 0.25) is 4.34 Å². The first-order valence-corrected chi connectivity index (χ1v) is 7.81. The van der Waals surface area contributed by atoms with Crippen LogP contribution in [0, 0.1) is 6.92 Å². The molecule has 2 aromatic rings. The van der Waals surface area contributed by atoms with Crippen molar-refractivity contribution in [3.8, 4) is 0 Å². The van der Waals surface area contributed by atoms with Gasteiger partial charge in [0, 0.05) is 34.8 Å². The highest BCUT2D eigenvalue weighted by molar-refractivity contribution is 7.16. The van der Waals surface area contributed by atoms with Crippen molar-refractivity contribution in [2.24, 2.45) is 0 Å². The molecule has 3 rings (SSSR count). The summed E-state index contributed by atoms with van der Waals surface area (Å²) in [6.45, 7) is 3.03. The Bertz CT molecular complexity index is 626. The smallest absolute Gasteiger partial charge is 0.164 e. The number of carbonyl (C=O) groups excluding carboxylic acids is 1. The molecule has 4 heteroatoms. The molecule has 0 unspecified atom stereocenters. The first-order chi connectivity index (χ1) is 9.15. The third kappa shape index (κ3) is 2.49. The SMILES string of the molecule is Cc1cc2c(n1CCc1ccc(Cl)s1)CCCC2=O. The monoisotopic (exact) mass is 293 g/mol. The number of Topliss-reactive ketones (excluding diaryl/α,β-unsaturated/α-hetero) is 1. The van der Waals surface area contributed by atoms with E-state index in [1.54, 1.807) is 11.3 Å². The summed E-state index contributed by atoms with van der Waals surface area (Å²) >= 11 is 7.59. The van der Waals surface area contributed by atoms with Crippen molar-refractivity contribution in [1.82, 2.24) is 4.57 Å². The third-order valence-electron chi connectivity index (χ3n) is 3.74. The Kier molecular flexibility index (Phi) is 3.50. The van der Waals surface area contributed by atoms with E-state index in [9.17, 15) is 4.79 Å². The number of ketones is 1. The van der Waals surface area contributed by atoms with Gasteiger partial charge in [-0.15, -0.1) is 11.3 Å². The summed E-state index contributed by atoms with van der Waals surface area (Å²) in [5, 5.41) is 0. The molecule has 0 bridgehead atoms. The van der Waals surface area contributed by atoms with Gasteiger partial charge in [-0.1, -0.05) is 11.6 Å². The van der Waals surface area contributed by atoms with E-state index in [0.717, 1.165) is 35.7 Å². The van der Waals surface area contributed by atoms with E-state index in [1.807, 2.05) is 6.07 Å². The summed E-state index contributed by atoms with van der Waals surface area (Å²) in [6.07, 6.45) is 3.70. The summed E-state index contributed by atoms with van der Waals surface area (Å²) in [5.74, 6) is 0.308. The third-order valence-corrected chi connectivity index (χ3v) is 5.04. The van der Waals surface area contributed by atoms with Gasteiger partial charge in [-0.05, 0) is 44.4 Å². The average molecular weight is 294 g/mol. The van der Waals surface area contributed by atoms with Crippen LogP contribution in [0.4, 0.5) is 0 Å². The quantitative estimate of drug-likeness (QED) is 0.828. The number of thiophene rings is 1. The Hall–Kier alpha value is -1.06. The zero-order valence-electron chi connectivity index (χ0n) is 10.9. The minimum absolute atomic E-state index is 0.308. The highest BCUT2D eigenvalue weighted by Gasteiger charge is 2.22. The number of aryl methyl sites for hydroxylation is 2. The van der Waals surface area contributed by atoms with Gasteiger partial charge in [0.05, 0.1) is 4.34 Å². The van der Waals surface area contributed by atoms with Gasteiger partial charge in [0.2, 0.25) is 0 Å². The molecule has 2 aromatic heterocycles. The lowest BCUT2D eigenvalue weighted by molar-refractivity contribution is 0.0972. The summed E-state index contributed by atoms with van der Waals surface area (Å²) in [5.41, 5.74) is 3.38. The van der Waals surface area contributed by atoms with Crippen molar-refractivity contribution in [3.63, 3.8) is 0 Å². The number of rotatable bonds is 3. The summed E-state index contributed by atoms with van der Waals surface area (Å²) in [7, 11) is 0. The Morgan fingerprint density at radius 3 is 2.95 bits per heavy atom. The van der Waals surface area contributed by atoms with Crippen LogP contribution in [-0.4, -0.2) is 10.4 Å². The Labute approximate surface area is 122 Å². The molecule has 19 heavy (non-hydrogen) atoms. The van der Waals surface area contributed by atoms with Crippen LogP contribution in [0.5, 0.6) is 0 Å². The van der Waals surface area contributed by atoms with E-state index in [4.69, 9.17) is 11.6 Å². The van der Waals surface area contributed by atoms with Crippen LogP contribution in [-0.2, 0) is 19.4 Å². The molecule has 0 saturated heterocycles. The van der Waals surface area contributed by atoms with Crippen LogP contribution in [0.3, 0.4) is 0 Å². The second-order valence-corrected chi connectivity index (χ2v) is 6.83. The predicted octanol–water partition coefficient (Wildman–Crippen LogP) is 4.27. The average Bonchev–Trinajstić information content (AvgIpc) is 2.92. The fourth-order valence-corrected chi connectivity index (χ4v) is 3.89. The highest BCUT2D eigenvalue weighted by atomic mass is 35.5. The molecule has 0 N–H and O–H groups in total. The van der Waals surface area contributed by atoms with E-state index in [2.05, 4.69) is 23.6 Å². The molecule has 0 radical (unpaired) electrons. The fraction of sp³-hybridized carbons (Fsp3) is 0.400. The van der Waals surface area contributed by atoms with Crippen molar-refractivity contribution in [3.05, 3.63) is 44.4 Å². The zero-order valence-corrected chi connectivity index (χ0v) is 12.5. The molecule has 100 valence electrons.